The van der Waals surface area contributed by atoms with E-state index in [1.807, 2.05) is 0 Å². The summed E-state index contributed by atoms with van der Waals surface area (Å²) in [4.78, 5) is 0. The Bertz CT molecular complexity index is 246. The maximum absolute atomic E-state index is 9.70. The number of aliphatic hydroxyl groups is 3. The van der Waals surface area contributed by atoms with Gasteiger partial charge in [-0.15, -0.1) is 0 Å². The van der Waals surface area contributed by atoms with Crippen LogP contribution in [0.15, 0.2) is 12.2 Å². The minimum Gasteiger partial charge on any atom is -0.395 e. The zero-order valence-electron chi connectivity index (χ0n) is 13.6. The molecule has 0 aromatic rings. The van der Waals surface area contributed by atoms with Crippen LogP contribution in [-0.4, -0.2) is 40.2 Å². The van der Waals surface area contributed by atoms with Gasteiger partial charge < -0.3 is 21.1 Å². The Balaban J connectivity index is 3.43. The van der Waals surface area contributed by atoms with Crippen LogP contribution in [0, 0.1) is 0 Å². The van der Waals surface area contributed by atoms with E-state index in [-0.39, 0.29) is 6.61 Å². The number of rotatable bonds is 14. The lowest BCUT2D eigenvalue weighted by molar-refractivity contribution is -0.0117. The van der Waals surface area contributed by atoms with E-state index in [9.17, 15) is 10.2 Å². The minimum atomic E-state index is -1.04. The highest BCUT2D eigenvalue weighted by Crippen LogP contribution is 2.10. The second-order valence-electron chi connectivity index (χ2n) is 5.86. The lowest BCUT2D eigenvalue weighted by Crippen LogP contribution is -2.45. The monoisotopic (exact) mass is 301 g/mol. The number of unbranched alkanes of at least 4 members (excludes halogenated alkanes) is 7. The zero-order chi connectivity index (χ0) is 15.9. The van der Waals surface area contributed by atoms with Crippen molar-refractivity contribution in [2.45, 2.75) is 89.4 Å². The Morgan fingerprint density at radius 1 is 0.905 bits per heavy atom. The molecule has 5 N–H and O–H groups in total. The second-order valence-corrected chi connectivity index (χ2v) is 5.86. The molecule has 0 fully saturated rings. The van der Waals surface area contributed by atoms with Crippen LogP contribution in [0.1, 0.15) is 71.1 Å². The Labute approximate surface area is 130 Å². The van der Waals surface area contributed by atoms with E-state index in [0.717, 1.165) is 19.3 Å². The van der Waals surface area contributed by atoms with Crippen LogP contribution >= 0.6 is 0 Å². The van der Waals surface area contributed by atoms with Crippen molar-refractivity contribution in [3.8, 4) is 0 Å². The van der Waals surface area contributed by atoms with Crippen molar-refractivity contribution in [2.24, 2.45) is 5.73 Å². The predicted molar refractivity (Wildman–Crippen MR) is 88.1 cm³/mol. The van der Waals surface area contributed by atoms with Gasteiger partial charge in [0, 0.05) is 0 Å². The van der Waals surface area contributed by atoms with E-state index in [1.165, 1.54) is 38.5 Å². The fourth-order valence-electron chi connectivity index (χ4n) is 2.29. The molecule has 0 heterocycles. The van der Waals surface area contributed by atoms with E-state index >= 15 is 0 Å². The number of nitrogens with two attached hydrogens (primary N) is 1. The van der Waals surface area contributed by atoms with Crippen molar-refractivity contribution in [3.05, 3.63) is 12.2 Å². The van der Waals surface area contributed by atoms with Gasteiger partial charge in [-0.25, -0.2) is 0 Å². The standard InChI is InChI=1S/C17H35NO3/c1-2-3-4-5-6-7-8-9-10-11-12-13-16(20)17(21)15(18)14-19/h9-10,15-17,19-21H,2-8,11-14,18H2,1H3. The average Bonchev–Trinajstić information content (AvgIpc) is 2.50. The first-order chi connectivity index (χ1) is 10.1. The van der Waals surface area contributed by atoms with Crippen molar-refractivity contribution < 1.29 is 15.3 Å². The molecule has 0 rings (SSSR count). The van der Waals surface area contributed by atoms with Crippen molar-refractivity contribution in [1.82, 2.24) is 0 Å². The summed E-state index contributed by atoms with van der Waals surface area (Å²) in [5, 5.41) is 28.1. The van der Waals surface area contributed by atoms with E-state index in [4.69, 9.17) is 10.8 Å². The second kappa shape index (κ2) is 14.5. The topological polar surface area (TPSA) is 86.7 Å². The highest BCUT2D eigenvalue weighted by Gasteiger charge is 2.21. The number of allylic oxidation sites excluding steroid dienone is 2. The van der Waals surface area contributed by atoms with Crippen LogP contribution in [-0.2, 0) is 0 Å². The first-order valence-corrected chi connectivity index (χ1v) is 8.51. The van der Waals surface area contributed by atoms with E-state index < -0.39 is 18.2 Å². The molecule has 4 nitrogen and oxygen atoms in total. The Morgan fingerprint density at radius 3 is 2.10 bits per heavy atom. The van der Waals surface area contributed by atoms with Gasteiger partial charge >= 0.3 is 0 Å². The molecule has 3 unspecified atom stereocenters. The van der Waals surface area contributed by atoms with E-state index in [0.29, 0.717) is 6.42 Å². The van der Waals surface area contributed by atoms with E-state index in [2.05, 4.69) is 19.1 Å². The Morgan fingerprint density at radius 2 is 1.48 bits per heavy atom. The summed E-state index contributed by atoms with van der Waals surface area (Å²) in [6, 6.07) is -0.761. The third-order valence-electron chi connectivity index (χ3n) is 3.81. The molecule has 0 saturated heterocycles. The molecule has 0 amide bonds. The van der Waals surface area contributed by atoms with Crippen LogP contribution in [0.4, 0.5) is 0 Å². The Hall–Kier alpha value is -0.420. The molecule has 0 aliphatic rings. The maximum atomic E-state index is 9.70. The number of aliphatic hydroxyl groups excluding tert-OH is 3. The summed E-state index contributed by atoms with van der Waals surface area (Å²) >= 11 is 0. The van der Waals surface area contributed by atoms with Gasteiger partial charge in [0.25, 0.3) is 0 Å². The largest absolute Gasteiger partial charge is 0.395 e. The van der Waals surface area contributed by atoms with Gasteiger partial charge in [-0.1, -0.05) is 51.2 Å². The van der Waals surface area contributed by atoms with Gasteiger partial charge in [0.1, 0.15) is 0 Å². The zero-order valence-corrected chi connectivity index (χ0v) is 13.6. The minimum absolute atomic E-state index is 0.309. The first-order valence-electron chi connectivity index (χ1n) is 8.51. The SMILES string of the molecule is CCCCCCCCC=CCCCC(O)C(O)C(N)CO. The lowest BCUT2D eigenvalue weighted by atomic mass is 10.0. The van der Waals surface area contributed by atoms with Gasteiger partial charge in [-0.3, -0.25) is 0 Å². The van der Waals surface area contributed by atoms with Gasteiger partial charge in [0.15, 0.2) is 0 Å². The summed E-state index contributed by atoms with van der Waals surface area (Å²) in [6.07, 6.45) is 13.8. The van der Waals surface area contributed by atoms with Crippen molar-refractivity contribution in [3.63, 3.8) is 0 Å². The van der Waals surface area contributed by atoms with Gasteiger partial charge in [0.05, 0.1) is 24.9 Å². The summed E-state index contributed by atoms with van der Waals surface area (Å²) in [6.45, 7) is 1.92. The van der Waals surface area contributed by atoms with Gasteiger partial charge in [-0.05, 0) is 32.1 Å². The predicted octanol–water partition coefficient (Wildman–Crippen LogP) is 2.50. The molecule has 0 radical (unpaired) electrons. The molecule has 0 saturated carbocycles. The van der Waals surface area contributed by atoms with Gasteiger partial charge in [-0.2, -0.15) is 0 Å². The number of hydrogen-bond acceptors (Lipinski definition) is 4. The van der Waals surface area contributed by atoms with Crippen molar-refractivity contribution in [2.75, 3.05) is 6.61 Å². The smallest absolute Gasteiger partial charge is 0.0971 e. The highest BCUT2D eigenvalue weighted by atomic mass is 16.3. The van der Waals surface area contributed by atoms with Crippen LogP contribution in [0.5, 0.6) is 0 Å². The molecule has 4 heteroatoms. The molecule has 126 valence electrons. The summed E-state index contributed by atoms with van der Waals surface area (Å²) in [5.41, 5.74) is 5.47. The fraction of sp³-hybridized carbons (Fsp3) is 0.882. The maximum Gasteiger partial charge on any atom is 0.0971 e. The van der Waals surface area contributed by atoms with Crippen LogP contribution in [0.3, 0.4) is 0 Å². The highest BCUT2D eigenvalue weighted by molar-refractivity contribution is 4.83. The lowest BCUT2D eigenvalue weighted by Gasteiger charge is -2.21. The normalized spacial score (nSPS) is 16.2. The number of hydrogen-bond donors (Lipinski definition) is 4. The molecule has 21 heavy (non-hydrogen) atoms. The molecular formula is C17H35NO3. The quantitative estimate of drug-likeness (QED) is 0.293. The summed E-state index contributed by atoms with van der Waals surface area (Å²) < 4.78 is 0. The fourth-order valence-corrected chi connectivity index (χ4v) is 2.29. The molecule has 0 spiro atoms. The van der Waals surface area contributed by atoms with Crippen LogP contribution in [0.25, 0.3) is 0 Å². The average molecular weight is 301 g/mol. The van der Waals surface area contributed by atoms with Crippen LogP contribution < -0.4 is 5.73 Å². The summed E-state index contributed by atoms with van der Waals surface area (Å²) in [5.74, 6) is 0. The third-order valence-corrected chi connectivity index (χ3v) is 3.81. The Kier molecular flexibility index (Phi) is 14.2. The van der Waals surface area contributed by atoms with Crippen molar-refractivity contribution >= 4 is 0 Å². The molecule has 0 aliphatic heterocycles. The van der Waals surface area contributed by atoms with Crippen LogP contribution in [0.2, 0.25) is 0 Å². The molecular weight excluding hydrogens is 266 g/mol. The van der Waals surface area contributed by atoms with Crippen molar-refractivity contribution in [1.29, 1.82) is 0 Å². The molecule has 0 aliphatic carbocycles. The molecule has 0 aromatic carbocycles. The summed E-state index contributed by atoms with van der Waals surface area (Å²) in [7, 11) is 0. The van der Waals surface area contributed by atoms with Gasteiger partial charge in [0.2, 0.25) is 0 Å². The molecule has 0 bridgehead atoms. The third kappa shape index (κ3) is 11.9. The molecule has 3 atom stereocenters. The molecule has 0 aromatic heterocycles. The van der Waals surface area contributed by atoms with E-state index in [1.54, 1.807) is 0 Å². The first kappa shape index (κ1) is 20.6.